The average molecular weight is 530 g/mol. The van der Waals surface area contributed by atoms with Crippen molar-refractivity contribution in [2.45, 2.75) is 32.4 Å². The molecule has 2 aromatic carbocycles. The second-order valence-electron chi connectivity index (χ2n) is 9.25. The van der Waals surface area contributed by atoms with E-state index in [1.165, 1.54) is 12.1 Å². The van der Waals surface area contributed by atoms with Gasteiger partial charge in [-0.15, -0.1) is 0 Å². The minimum absolute atomic E-state index is 0.111. The Bertz CT molecular complexity index is 1490. The summed E-state index contributed by atoms with van der Waals surface area (Å²) in [5.41, 5.74) is 4.56. The molecule has 2 aromatic heterocycles. The molecule has 1 aliphatic heterocycles. The number of anilines is 1. The van der Waals surface area contributed by atoms with Gasteiger partial charge in [0.15, 0.2) is 5.11 Å². The maximum atomic E-state index is 14.0. The van der Waals surface area contributed by atoms with Gasteiger partial charge in [-0.3, -0.25) is 9.78 Å². The highest BCUT2D eigenvalue weighted by molar-refractivity contribution is 7.80. The largest absolute Gasteiger partial charge is 0.506 e. The molecule has 7 nitrogen and oxygen atoms in total. The quantitative estimate of drug-likeness (QED) is 0.281. The Labute approximate surface area is 225 Å². The van der Waals surface area contributed by atoms with Crippen LogP contribution in [0.4, 0.5) is 10.1 Å². The number of aryl methyl sites for hydroxylation is 1. The number of aromatic hydroxyl groups is 1. The van der Waals surface area contributed by atoms with E-state index in [9.17, 15) is 14.3 Å². The molecular weight excluding hydrogens is 501 g/mol. The molecular formula is C29H28FN5O2S. The number of carbonyl (C=O) groups excluding carboxylic acids is 1. The van der Waals surface area contributed by atoms with Crippen molar-refractivity contribution in [1.82, 2.24) is 19.8 Å². The van der Waals surface area contributed by atoms with Gasteiger partial charge in [-0.2, -0.15) is 0 Å². The van der Waals surface area contributed by atoms with Gasteiger partial charge in [0.2, 0.25) is 5.91 Å². The van der Waals surface area contributed by atoms with Gasteiger partial charge in [-0.25, -0.2) is 4.39 Å². The zero-order chi connectivity index (χ0) is 26.8. The van der Waals surface area contributed by atoms with Crippen molar-refractivity contribution in [3.8, 4) is 11.4 Å². The lowest BCUT2D eigenvalue weighted by Gasteiger charge is -2.28. The minimum atomic E-state index is -0.482. The number of para-hydroxylation sites is 3. The van der Waals surface area contributed by atoms with Crippen molar-refractivity contribution in [2.75, 3.05) is 11.9 Å². The van der Waals surface area contributed by atoms with Gasteiger partial charge in [-0.1, -0.05) is 30.3 Å². The Morgan fingerprint density at radius 3 is 2.58 bits per heavy atom. The molecule has 3 heterocycles. The maximum Gasteiger partial charge on any atom is 0.226 e. The van der Waals surface area contributed by atoms with Crippen molar-refractivity contribution >= 4 is 28.9 Å². The van der Waals surface area contributed by atoms with E-state index in [0.717, 1.165) is 22.6 Å². The third-order valence-electron chi connectivity index (χ3n) is 6.84. The summed E-state index contributed by atoms with van der Waals surface area (Å²) in [5.74, 6) is -0.606. The van der Waals surface area contributed by atoms with Crippen LogP contribution in [0.15, 0.2) is 79.0 Å². The number of amides is 1. The summed E-state index contributed by atoms with van der Waals surface area (Å²) in [6.45, 7) is 4.32. The molecule has 38 heavy (non-hydrogen) atoms. The van der Waals surface area contributed by atoms with E-state index in [2.05, 4.69) is 21.7 Å². The highest BCUT2D eigenvalue weighted by atomic mass is 32.1. The zero-order valence-corrected chi connectivity index (χ0v) is 21.9. The number of hydrogen-bond acceptors (Lipinski definition) is 4. The van der Waals surface area contributed by atoms with Crippen LogP contribution >= 0.6 is 12.2 Å². The van der Waals surface area contributed by atoms with Gasteiger partial charge >= 0.3 is 0 Å². The summed E-state index contributed by atoms with van der Waals surface area (Å²) in [6.07, 6.45) is 1.85. The third kappa shape index (κ3) is 4.84. The first-order valence-electron chi connectivity index (χ1n) is 12.3. The summed E-state index contributed by atoms with van der Waals surface area (Å²) in [7, 11) is 0. The first kappa shape index (κ1) is 25.4. The second-order valence-corrected chi connectivity index (χ2v) is 9.64. The van der Waals surface area contributed by atoms with E-state index in [4.69, 9.17) is 12.2 Å². The third-order valence-corrected chi connectivity index (χ3v) is 7.19. The molecule has 194 valence electrons. The van der Waals surface area contributed by atoms with Crippen molar-refractivity contribution in [1.29, 1.82) is 0 Å². The smallest absolute Gasteiger partial charge is 0.226 e. The van der Waals surface area contributed by atoms with Crippen LogP contribution in [0.3, 0.4) is 0 Å². The summed E-state index contributed by atoms with van der Waals surface area (Å²) in [4.78, 5) is 19.3. The number of carbonyl (C=O) groups is 1. The SMILES string of the molecule is Cc1cc([C@@H]2[C@H](c3ccccn3)NC(=S)N2CCC(=O)Nc2ccccc2F)c(C)n1-c1ccccc1O. The maximum absolute atomic E-state index is 14.0. The number of nitrogens with zero attached hydrogens (tertiary/aromatic N) is 3. The number of phenolic OH excluding ortho intramolecular Hbond substituents is 1. The fourth-order valence-electron chi connectivity index (χ4n) is 5.09. The summed E-state index contributed by atoms with van der Waals surface area (Å²) in [5, 5.41) is 17.1. The van der Waals surface area contributed by atoms with Gasteiger partial charge in [-0.05, 0) is 74.1 Å². The van der Waals surface area contributed by atoms with Crippen LogP contribution in [-0.4, -0.2) is 37.1 Å². The fraction of sp³-hybridized carbons (Fsp3) is 0.207. The standard InChI is InChI=1S/C29H28FN5O2S/c1-18-17-20(19(2)35(18)24-12-5-6-13-25(24)36)28-27(23-11-7-8-15-31-23)33-29(38)34(28)16-14-26(37)32-22-10-4-3-9-21(22)30/h3-13,15,17,27-28,36H,14,16H2,1-2H3,(H,32,37)(H,33,38)/t27-,28+/m0/s1. The van der Waals surface area contributed by atoms with E-state index in [-0.39, 0.29) is 35.8 Å². The molecule has 0 spiro atoms. The average Bonchev–Trinajstić information content (AvgIpc) is 3.39. The summed E-state index contributed by atoms with van der Waals surface area (Å²) in [6, 6.07) is 20.6. The van der Waals surface area contributed by atoms with E-state index in [1.807, 2.05) is 53.6 Å². The molecule has 5 rings (SSSR count). The predicted octanol–water partition coefficient (Wildman–Crippen LogP) is 5.34. The van der Waals surface area contributed by atoms with Crippen molar-refractivity contribution < 1.29 is 14.3 Å². The lowest BCUT2D eigenvalue weighted by atomic mass is 9.96. The van der Waals surface area contributed by atoms with Crippen LogP contribution < -0.4 is 10.6 Å². The molecule has 4 aromatic rings. The van der Waals surface area contributed by atoms with E-state index >= 15 is 0 Å². The zero-order valence-electron chi connectivity index (χ0n) is 21.1. The molecule has 1 saturated heterocycles. The van der Waals surface area contributed by atoms with E-state index < -0.39 is 5.82 Å². The summed E-state index contributed by atoms with van der Waals surface area (Å²) >= 11 is 5.74. The number of halogens is 1. The van der Waals surface area contributed by atoms with Crippen molar-refractivity contribution in [3.63, 3.8) is 0 Å². The number of rotatable bonds is 7. The van der Waals surface area contributed by atoms with Crippen LogP contribution in [0, 0.1) is 19.7 Å². The number of benzene rings is 2. The van der Waals surface area contributed by atoms with Crippen molar-refractivity contribution in [2.24, 2.45) is 0 Å². The van der Waals surface area contributed by atoms with Crippen LogP contribution in [0.25, 0.3) is 5.69 Å². The molecule has 3 N–H and O–H groups in total. The van der Waals surface area contributed by atoms with Crippen LogP contribution in [-0.2, 0) is 4.79 Å². The molecule has 2 atom stereocenters. The number of nitrogens with one attached hydrogen (secondary N) is 2. The van der Waals surface area contributed by atoms with Crippen molar-refractivity contribution in [3.05, 3.63) is 107 Å². The molecule has 0 bridgehead atoms. The van der Waals surface area contributed by atoms with Crippen LogP contribution in [0.1, 0.15) is 41.1 Å². The molecule has 1 amide bonds. The van der Waals surface area contributed by atoms with Gasteiger partial charge in [0.25, 0.3) is 0 Å². The molecule has 0 aliphatic carbocycles. The Hall–Kier alpha value is -4.24. The number of aromatic nitrogens is 2. The Morgan fingerprint density at radius 2 is 1.84 bits per heavy atom. The molecule has 0 unspecified atom stereocenters. The van der Waals surface area contributed by atoms with Crippen LogP contribution in [0.5, 0.6) is 5.75 Å². The molecule has 1 aliphatic rings. The number of hydrogen-bond donors (Lipinski definition) is 3. The van der Waals surface area contributed by atoms with E-state index in [1.54, 1.807) is 30.5 Å². The first-order chi connectivity index (χ1) is 18.3. The summed E-state index contributed by atoms with van der Waals surface area (Å²) < 4.78 is 16.1. The van der Waals surface area contributed by atoms with Gasteiger partial charge in [0.1, 0.15) is 11.6 Å². The highest BCUT2D eigenvalue weighted by Gasteiger charge is 2.41. The predicted molar refractivity (Wildman–Crippen MR) is 149 cm³/mol. The lowest BCUT2D eigenvalue weighted by Crippen LogP contribution is -2.33. The molecule has 0 saturated carbocycles. The molecule has 0 radical (unpaired) electrons. The number of thiocarbonyl (C=S) groups is 1. The van der Waals surface area contributed by atoms with E-state index in [0.29, 0.717) is 17.3 Å². The minimum Gasteiger partial charge on any atom is -0.506 e. The fourth-order valence-corrected chi connectivity index (χ4v) is 5.42. The monoisotopic (exact) mass is 529 g/mol. The molecule has 1 fully saturated rings. The van der Waals surface area contributed by atoms with Gasteiger partial charge in [0, 0.05) is 30.6 Å². The van der Waals surface area contributed by atoms with Gasteiger partial charge in [0.05, 0.1) is 29.2 Å². The van der Waals surface area contributed by atoms with Gasteiger partial charge < -0.3 is 25.2 Å². The second kappa shape index (κ2) is 10.6. The number of pyridine rings is 1. The first-order valence-corrected chi connectivity index (χ1v) is 12.8. The Morgan fingerprint density at radius 1 is 1.11 bits per heavy atom. The lowest BCUT2D eigenvalue weighted by molar-refractivity contribution is -0.116. The highest BCUT2D eigenvalue weighted by Crippen LogP contribution is 2.42. The van der Waals surface area contributed by atoms with Crippen LogP contribution in [0.2, 0.25) is 0 Å². The molecule has 9 heteroatoms. The Kier molecular flexibility index (Phi) is 7.11. The topological polar surface area (TPSA) is 82.4 Å². The normalized spacial score (nSPS) is 16.9. The Balaban J connectivity index is 1.48. The number of phenols is 1.